The zero-order valence-corrected chi connectivity index (χ0v) is 14.6. The Morgan fingerprint density at radius 2 is 1.83 bits per heavy atom. The lowest BCUT2D eigenvalue weighted by Gasteiger charge is -2.06. The summed E-state index contributed by atoms with van der Waals surface area (Å²) in [4.78, 5) is 23.4. The molecule has 24 heavy (non-hydrogen) atoms. The number of nitrogens with zero attached hydrogens (tertiary/aromatic N) is 1. The van der Waals surface area contributed by atoms with Crippen molar-refractivity contribution in [2.75, 3.05) is 5.32 Å². The van der Waals surface area contributed by atoms with Gasteiger partial charge in [0.1, 0.15) is 0 Å². The molecule has 2 rings (SSSR count). The normalized spacial score (nSPS) is 14.3. The Bertz CT molecular complexity index is 589. The van der Waals surface area contributed by atoms with Crippen LogP contribution in [0.5, 0.6) is 0 Å². The number of anilines is 1. The van der Waals surface area contributed by atoms with Crippen molar-refractivity contribution in [1.82, 2.24) is 5.43 Å². The molecule has 1 aromatic carbocycles. The molecule has 1 aliphatic rings. The third-order valence-corrected chi connectivity index (χ3v) is 4.12. The zero-order chi connectivity index (χ0) is 17.4. The fourth-order valence-corrected chi connectivity index (χ4v) is 2.36. The van der Waals surface area contributed by atoms with Crippen LogP contribution < -0.4 is 10.7 Å². The number of hydrogen-bond acceptors (Lipinski definition) is 3. The number of hydrogen-bond donors (Lipinski definition) is 2. The first-order chi connectivity index (χ1) is 11.6. The molecular weight excluding hydrogens is 302 g/mol. The largest absolute Gasteiger partial charge is 0.326 e. The summed E-state index contributed by atoms with van der Waals surface area (Å²) in [6, 6.07) is 7.52. The molecule has 1 saturated carbocycles. The monoisotopic (exact) mass is 329 g/mol. The molecule has 1 aromatic rings. The van der Waals surface area contributed by atoms with E-state index in [2.05, 4.69) is 22.8 Å². The van der Waals surface area contributed by atoms with E-state index in [4.69, 9.17) is 0 Å². The maximum Gasteiger partial charge on any atom is 0.240 e. The average Bonchev–Trinajstić information content (AvgIpc) is 3.42. The van der Waals surface area contributed by atoms with E-state index in [-0.39, 0.29) is 17.7 Å². The minimum absolute atomic E-state index is 0.0428. The lowest BCUT2D eigenvalue weighted by molar-refractivity contribution is -0.121. The van der Waals surface area contributed by atoms with Gasteiger partial charge in [-0.15, -0.1) is 0 Å². The van der Waals surface area contributed by atoms with Crippen LogP contribution in [0.25, 0.3) is 0 Å². The Morgan fingerprint density at radius 1 is 1.12 bits per heavy atom. The van der Waals surface area contributed by atoms with Crippen molar-refractivity contribution in [3.8, 4) is 0 Å². The van der Waals surface area contributed by atoms with Gasteiger partial charge in [-0.1, -0.05) is 38.3 Å². The Labute approximate surface area is 143 Å². The van der Waals surface area contributed by atoms with Gasteiger partial charge in [-0.05, 0) is 43.9 Å². The van der Waals surface area contributed by atoms with Crippen molar-refractivity contribution in [2.24, 2.45) is 11.0 Å². The summed E-state index contributed by atoms with van der Waals surface area (Å²) in [5.41, 5.74) is 5.07. The first kappa shape index (κ1) is 18.2. The fraction of sp³-hybridized carbons (Fsp3) is 0.526. The summed E-state index contributed by atoms with van der Waals surface area (Å²) < 4.78 is 0. The molecule has 0 radical (unpaired) electrons. The lowest BCUT2D eigenvalue weighted by Crippen LogP contribution is -2.18. The molecule has 1 aliphatic carbocycles. The van der Waals surface area contributed by atoms with Gasteiger partial charge < -0.3 is 5.32 Å². The van der Waals surface area contributed by atoms with Crippen molar-refractivity contribution in [2.45, 2.75) is 58.8 Å². The van der Waals surface area contributed by atoms with Crippen LogP contribution in [0.1, 0.15) is 64.4 Å². The first-order valence-electron chi connectivity index (χ1n) is 8.84. The van der Waals surface area contributed by atoms with Gasteiger partial charge in [-0.25, -0.2) is 5.43 Å². The number of carbonyl (C=O) groups is 2. The minimum Gasteiger partial charge on any atom is -0.326 e. The van der Waals surface area contributed by atoms with Gasteiger partial charge >= 0.3 is 0 Å². The van der Waals surface area contributed by atoms with Crippen LogP contribution in [0.2, 0.25) is 0 Å². The van der Waals surface area contributed by atoms with E-state index in [1.807, 2.05) is 31.2 Å². The Balaban J connectivity index is 1.79. The average molecular weight is 329 g/mol. The van der Waals surface area contributed by atoms with Gasteiger partial charge in [0.05, 0.1) is 5.71 Å². The van der Waals surface area contributed by atoms with Gasteiger partial charge in [0, 0.05) is 18.0 Å². The Kier molecular flexibility index (Phi) is 6.97. The van der Waals surface area contributed by atoms with E-state index in [1.165, 1.54) is 6.42 Å². The Hall–Kier alpha value is -2.17. The summed E-state index contributed by atoms with van der Waals surface area (Å²) in [6.07, 6.45) is 6.82. The van der Waals surface area contributed by atoms with Crippen LogP contribution in [0.4, 0.5) is 5.69 Å². The molecule has 1 fully saturated rings. The van der Waals surface area contributed by atoms with Gasteiger partial charge in [0.25, 0.3) is 0 Å². The molecule has 0 unspecified atom stereocenters. The van der Waals surface area contributed by atoms with E-state index in [1.54, 1.807) is 0 Å². The number of benzene rings is 1. The predicted octanol–water partition coefficient (Wildman–Crippen LogP) is 3.85. The molecule has 0 aromatic heterocycles. The molecule has 130 valence electrons. The molecule has 2 N–H and O–H groups in total. The van der Waals surface area contributed by atoms with Crippen molar-refractivity contribution < 1.29 is 9.59 Å². The second-order valence-electron chi connectivity index (χ2n) is 6.38. The molecule has 5 nitrogen and oxygen atoms in total. The SMILES string of the molecule is CCCCCCC(=O)N/N=C(\C)c1ccc(NC(=O)C2CC2)cc1. The zero-order valence-electron chi connectivity index (χ0n) is 14.6. The molecule has 0 heterocycles. The van der Waals surface area contributed by atoms with Crippen molar-refractivity contribution in [1.29, 1.82) is 0 Å². The number of nitrogens with one attached hydrogen (secondary N) is 2. The molecule has 0 aliphatic heterocycles. The van der Waals surface area contributed by atoms with Gasteiger partial charge in [-0.2, -0.15) is 5.10 Å². The maximum absolute atomic E-state index is 11.7. The van der Waals surface area contributed by atoms with Crippen LogP contribution in [-0.2, 0) is 9.59 Å². The maximum atomic E-state index is 11.7. The van der Waals surface area contributed by atoms with Crippen LogP contribution in [0, 0.1) is 5.92 Å². The summed E-state index contributed by atoms with van der Waals surface area (Å²) in [5, 5.41) is 7.06. The Morgan fingerprint density at radius 3 is 2.46 bits per heavy atom. The van der Waals surface area contributed by atoms with Crippen LogP contribution in [-0.4, -0.2) is 17.5 Å². The van der Waals surface area contributed by atoms with Gasteiger partial charge in [-0.3, -0.25) is 9.59 Å². The third-order valence-electron chi connectivity index (χ3n) is 4.12. The highest BCUT2D eigenvalue weighted by molar-refractivity contribution is 6.00. The highest BCUT2D eigenvalue weighted by Crippen LogP contribution is 2.30. The molecule has 0 spiro atoms. The molecule has 0 atom stereocenters. The van der Waals surface area contributed by atoms with Crippen molar-refractivity contribution in [3.63, 3.8) is 0 Å². The van der Waals surface area contributed by atoms with Crippen LogP contribution >= 0.6 is 0 Å². The van der Waals surface area contributed by atoms with E-state index in [0.29, 0.717) is 6.42 Å². The fourth-order valence-electron chi connectivity index (χ4n) is 2.36. The van der Waals surface area contributed by atoms with Gasteiger partial charge in [0.2, 0.25) is 11.8 Å². The summed E-state index contributed by atoms with van der Waals surface area (Å²) in [5.74, 6) is 0.253. The van der Waals surface area contributed by atoms with E-state index >= 15 is 0 Å². The van der Waals surface area contributed by atoms with E-state index < -0.39 is 0 Å². The molecule has 0 bridgehead atoms. The molecule has 0 saturated heterocycles. The highest BCUT2D eigenvalue weighted by atomic mass is 16.2. The molecule has 5 heteroatoms. The molecule has 2 amide bonds. The quantitative estimate of drug-likeness (QED) is 0.410. The predicted molar refractivity (Wildman–Crippen MR) is 96.9 cm³/mol. The number of amides is 2. The second kappa shape index (κ2) is 9.21. The summed E-state index contributed by atoms with van der Waals surface area (Å²) >= 11 is 0. The van der Waals surface area contributed by atoms with Crippen molar-refractivity contribution in [3.05, 3.63) is 29.8 Å². The lowest BCUT2D eigenvalue weighted by atomic mass is 10.1. The van der Waals surface area contributed by atoms with E-state index in [0.717, 1.165) is 49.1 Å². The van der Waals surface area contributed by atoms with Crippen molar-refractivity contribution >= 4 is 23.2 Å². The summed E-state index contributed by atoms with van der Waals surface area (Å²) in [7, 11) is 0. The summed E-state index contributed by atoms with van der Waals surface area (Å²) in [6.45, 7) is 4.01. The molecular formula is C19H27N3O2. The first-order valence-corrected chi connectivity index (χ1v) is 8.84. The second-order valence-corrected chi connectivity index (χ2v) is 6.38. The number of unbranched alkanes of at least 4 members (excludes halogenated alkanes) is 3. The highest BCUT2D eigenvalue weighted by Gasteiger charge is 2.29. The topological polar surface area (TPSA) is 70.6 Å². The third kappa shape index (κ3) is 6.14. The smallest absolute Gasteiger partial charge is 0.240 e. The number of carbonyl (C=O) groups excluding carboxylic acids is 2. The van der Waals surface area contributed by atoms with Crippen LogP contribution in [0.3, 0.4) is 0 Å². The minimum atomic E-state index is -0.0428. The standard InChI is InChI=1S/C19H27N3O2/c1-3-4-5-6-7-18(23)22-21-14(2)15-10-12-17(13-11-15)20-19(24)16-8-9-16/h10-13,16H,3-9H2,1-2H3,(H,20,24)(H,22,23)/b21-14+. The van der Waals surface area contributed by atoms with Gasteiger partial charge in [0.15, 0.2) is 0 Å². The van der Waals surface area contributed by atoms with Crippen LogP contribution in [0.15, 0.2) is 29.4 Å². The number of hydrazone groups is 1. The number of rotatable bonds is 9. The van der Waals surface area contributed by atoms with E-state index in [9.17, 15) is 9.59 Å².